The predicted molar refractivity (Wildman–Crippen MR) is 74.8 cm³/mol. The van der Waals surface area contributed by atoms with Crippen LogP contribution in [0.1, 0.15) is 19.8 Å². The lowest BCUT2D eigenvalue weighted by molar-refractivity contribution is -0.132. The lowest BCUT2D eigenvalue weighted by Gasteiger charge is -2.20. The number of unbranched alkanes of at least 4 members (excludes halogenated alkanes) is 1. The van der Waals surface area contributed by atoms with Crippen molar-refractivity contribution in [2.45, 2.75) is 24.7 Å². The largest absolute Gasteiger partial charge is 0.477 e. The van der Waals surface area contributed by atoms with E-state index < -0.39 is 5.97 Å². The molecule has 0 fully saturated rings. The average molecular weight is 274 g/mol. The van der Waals surface area contributed by atoms with Gasteiger partial charge in [-0.25, -0.2) is 4.79 Å². The van der Waals surface area contributed by atoms with E-state index in [-0.39, 0.29) is 5.57 Å². The molecule has 1 aliphatic rings. The van der Waals surface area contributed by atoms with E-state index in [4.69, 9.17) is 10.4 Å². The summed E-state index contributed by atoms with van der Waals surface area (Å²) in [6, 6.07) is 9.55. The van der Waals surface area contributed by atoms with Crippen molar-refractivity contribution in [3.05, 3.63) is 34.9 Å². The van der Waals surface area contributed by atoms with E-state index in [9.17, 15) is 4.79 Å². The predicted octanol–water partition coefficient (Wildman–Crippen LogP) is 3.22. The molecule has 2 rings (SSSR count). The van der Waals surface area contributed by atoms with Gasteiger partial charge in [0, 0.05) is 11.4 Å². The molecule has 0 atom stereocenters. The van der Waals surface area contributed by atoms with E-state index in [2.05, 4.69) is 6.92 Å². The third kappa shape index (κ3) is 2.59. The SMILES string of the molecule is CCCCN1/C(=C(\C#N)C(=O)O)Sc2ccccc21. The maximum Gasteiger partial charge on any atom is 0.349 e. The van der Waals surface area contributed by atoms with Gasteiger partial charge in [0.2, 0.25) is 0 Å². The van der Waals surface area contributed by atoms with Crippen LogP contribution in [-0.4, -0.2) is 17.6 Å². The number of carbonyl (C=O) groups is 1. The number of nitriles is 1. The number of anilines is 1. The molecule has 1 N–H and O–H groups in total. The van der Waals surface area contributed by atoms with Crippen molar-refractivity contribution in [2.75, 3.05) is 11.4 Å². The highest BCUT2D eigenvalue weighted by Gasteiger charge is 2.29. The summed E-state index contributed by atoms with van der Waals surface area (Å²) in [4.78, 5) is 14.1. The second-order valence-corrected chi connectivity index (χ2v) is 5.20. The molecular weight excluding hydrogens is 260 g/mol. The van der Waals surface area contributed by atoms with E-state index in [1.807, 2.05) is 29.2 Å². The number of rotatable bonds is 4. The summed E-state index contributed by atoms with van der Waals surface area (Å²) in [7, 11) is 0. The molecule has 5 heteroatoms. The molecule has 0 saturated carbocycles. The quantitative estimate of drug-likeness (QED) is 0.674. The maximum absolute atomic E-state index is 11.2. The number of carboxylic acid groups (broad SMARTS) is 1. The van der Waals surface area contributed by atoms with Crippen LogP contribution in [-0.2, 0) is 4.79 Å². The van der Waals surface area contributed by atoms with Crippen molar-refractivity contribution in [3.63, 3.8) is 0 Å². The van der Waals surface area contributed by atoms with Gasteiger partial charge in [-0.15, -0.1) is 0 Å². The molecule has 1 heterocycles. The Morgan fingerprint density at radius 3 is 2.84 bits per heavy atom. The van der Waals surface area contributed by atoms with Gasteiger partial charge in [0.15, 0.2) is 5.57 Å². The van der Waals surface area contributed by atoms with Crippen molar-refractivity contribution in [2.24, 2.45) is 0 Å². The number of carboxylic acids is 1. The number of thioether (sulfide) groups is 1. The van der Waals surface area contributed by atoms with Crippen LogP contribution in [0.25, 0.3) is 0 Å². The third-order valence-electron chi connectivity index (χ3n) is 2.88. The average Bonchev–Trinajstić information content (AvgIpc) is 2.75. The fourth-order valence-electron chi connectivity index (χ4n) is 1.95. The summed E-state index contributed by atoms with van der Waals surface area (Å²) in [5.74, 6) is -1.17. The van der Waals surface area contributed by atoms with Gasteiger partial charge in [-0.2, -0.15) is 5.26 Å². The Morgan fingerprint density at radius 2 is 2.21 bits per heavy atom. The minimum absolute atomic E-state index is 0.183. The highest BCUT2D eigenvalue weighted by atomic mass is 32.2. The van der Waals surface area contributed by atoms with Crippen LogP contribution in [0.3, 0.4) is 0 Å². The molecule has 0 aliphatic carbocycles. The van der Waals surface area contributed by atoms with Gasteiger partial charge < -0.3 is 10.0 Å². The Bertz CT molecular complexity index is 575. The van der Waals surface area contributed by atoms with Gasteiger partial charge in [0.1, 0.15) is 11.1 Å². The molecule has 98 valence electrons. The van der Waals surface area contributed by atoms with E-state index in [1.165, 1.54) is 11.8 Å². The minimum Gasteiger partial charge on any atom is -0.477 e. The van der Waals surface area contributed by atoms with Crippen LogP contribution in [0, 0.1) is 11.3 Å². The van der Waals surface area contributed by atoms with Gasteiger partial charge in [-0.3, -0.25) is 0 Å². The Balaban J connectivity index is 2.47. The molecular formula is C14H14N2O2S. The first-order valence-electron chi connectivity index (χ1n) is 6.11. The number of aliphatic carboxylic acids is 1. The second kappa shape index (κ2) is 5.81. The summed E-state index contributed by atoms with van der Waals surface area (Å²) in [5, 5.41) is 18.7. The molecule has 19 heavy (non-hydrogen) atoms. The Labute approximate surface area is 116 Å². The molecule has 0 spiro atoms. The van der Waals surface area contributed by atoms with Crippen LogP contribution < -0.4 is 4.90 Å². The van der Waals surface area contributed by atoms with Gasteiger partial charge >= 0.3 is 5.97 Å². The Hall–Kier alpha value is -1.93. The zero-order valence-electron chi connectivity index (χ0n) is 10.6. The smallest absolute Gasteiger partial charge is 0.349 e. The van der Waals surface area contributed by atoms with Crippen molar-refractivity contribution in [1.29, 1.82) is 5.26 Å². The third-order valence-corrected chi connectivity index (χ3v) is 4.07. The zero-order valence-corrected chi connectivity index (χ0v) is 11.4. The van der Waals surface area contributed by atoms with Crippen molar-refractivity contribution in [1.82, 2.24) is 0 Å². The minimum atomic E-state index is -1.17. The summed E-state index contributed by atoms with van der Waals surface area (Å²) < 4.78 is 0. The van der Waals surface area contributed by atoms with E-state index >= 15 is 0 Å². The van der Waals surface area contributed by atoms with Crippen LogP contribution in [0.15, 0.2) is 39.8 Å². The summed E-state index contributed by atoms with van der Waals surface area (Å²) in [5.41, 5.74) is 0.808. The molecule has 4 nitrogen and oxygen atoms in total. The molecule has 1 aromatic carbocycles. The number of para-hydroxylation sites is 1. The molecule has 0 bridgehead atoms. The standard InChI is InChI=1S/C14H14N2O2S/c1-2-3-8-16-11-6-4-5-7-12(11)19-13(16)10(9-15)14(17)18/h4-7H,2-3,8H2,1H3,(H,17,18)/b13-10-. The number of fused-ring (bicyclic) bond motifs is 1. The number of hydrogen-bond acceptors (Lipinski definition) is 4. The molecule has 0 amide bonds. The summed E-state index contributed by atoms with van der Waals surface area (Å²) in [6.45, 7) is 2.81. The molecule has 1 aromatic rings. The van der Waals surface area contributed by atoms with Gasteiger partial charge in [-0.05, 0) is 18.6 Å². The molecule has 0 saturated heterocycles. The normalized spacial score (nSPS) is 15.9. The molecule has 0 aromatic heterocycles. The van der Waals surface area contributed by atoms with E-state index in [1.54, 1.807) is 6.07 Å². The zero-order chi connectivity index (χ0) is 13.8. The first kappa shape index (κ1) is 13.5. The highest BCUT2D eigenvalue weighted by Crippen LogP contribution is 2.47. The maximum atomic E-state index is 11.2. The molecule has 0 radical (unpaired) electrons. The lowest BCUT2D eigenvalue weighted by Crippen LogP contribution is -2.21. The van der Waals surface area contributed by atoms with Gasteiger partial charge in [0.05, 0.1) is 5.69 Å². The van der Waals surface area contributed by atoms with Crippen LogP contribution >= 0.6 is 11.8 Å². The highest BCUT2D eigenvalue weighted by molar-refractivity contribution is 8.03. The Kier molecular flexibility index (Phi) is 4.13. The Morgan fingerprint density at radius 1 is 1.47 bits per heavy atom. The fourth-order valence-corrected chi connectivity index (χ4v) is 3.12. The lowest BCUT2D eigenvalue weighted by atomic mass is 10.2. The number of hydrogen-bond donors (Lipinski definition) is 1. The summed E-state index contributed by atoms with van der Waals surface area (Å²) >= 11 is 1.36. The monoisotopic (exact) mass is 274 g/mol. The topological polar surface area (TPSA) is 64.3 Å². The van der Waals surface area contributed by atoms with Crippen LogP contribution in [0.5, 0.6) is 0 Å². The van der Waals surface area contributed by atoms with Crippen molar-refractivity contribution < 1.29 is 9.90 Å². The van der Waals surface area contributed by atoms with E-state index in [0.717, 1.165) is 30.0 Å². The van der Waals surface area contributed by atoms with Crippen LogP contribution in [0.2, 0.25) is 0 Å². The first-order valence-corrected chi connectivity index (χ1v) is 6.92. The summed E-state index contributed by atoms with van der Waals surface area (Å²) in [6.07, 6.45) is 1.97. The van der Waals surface area contributed by atoms with Gasteiger partial charge in [0.25, 0.3) is 0 Å². The number of nitrogens with zero attached hydrogens (tertiary/aromatic N) is 2. The number of benzene rings is 1. The van der Waals surface area contributed by atoms with E-state index in [0.29, 0.717) is 5.03 Å². The first-order chi connectivity index (χ1) is 9.19. The van der Waals surface area contributed by atoms with Gasteiger partial charge in [-0.1, -0.05) is 37.2 Å². The van der Waals surface area contributed by atoms with Crippen LogP contribution in [0.4, 0.5) is 5.69 Å². The molecule has 1 aliphatic heterocycles. The second-order valence-electron chi connectivity index (χ2n) is 4.17. The van der Waals surface area contributed by atoms with Crippen molar-refractivity contribution >= 4 is 23.4 Å². The van der Waals surface area contributed by atoms with Crippen molar-refractivity contribution in [3.8, 4) is 6.07 Å². The fraction of sp³-hybridized carbons (Fsp3) is 0.286. The molecule has 0 unspecified atom stereocenters.